The van der Waals surface area contributed by atoms with Gasteiger partial charge in [0.2, 0.25) is 0 Å². The minimum absolute atomic E-state index is 0.827. The molecule has 5 heteroatoms. The average molecular weight is 299 g/mol. The number of ether oxygens (including phenoxy) is 2. The van der Waals surface area contributed by atoms with Gasteiger partial charge in [-0.05, 0) is 25.1 Å². The van der Waals surface area contributed by atoms with Crippen LogP contribution in [0.2, 0.25) is 0 Å². The highest BCUT2D eigenvalue weighted by molar-refractivity contribution is 5.40. The summed E-state index contributed by atoms with van der Waals surface area (Å²) in [5.41, 5.74) is 3.54. The maximum absolute atomic E-state index is 5.46. The van der Waals surface area contributed by atoms with Crippen LogP contribution in [0.5, 0.6) is 11.5 Å². The lowest BCUT2D eigenvalue weighted by molar-refractivity contribution is 0.238. The first-order valence-corrected chi connectivity index (χ1v) is 7.44. The summed E-state index contributed by atoms with van der Waals surface area (Å²) in [4.78, 5) is 11.2. The van der Waals surface area contributed by atoms with Gasteiger partial charge in [0.15, 0.2) is 0 Å². The molecule has 3 rings (SSSR count). The van der Waals surface area contributed by atoms with Gasteiger partial charge in [-0.2, -0.15) is 0 Å². The minimum atomic E-state index is 0.827. The first-order chi connectivity index (χ1) is 10.7. The van der Waals surface area contributed by atoms with E-state index in [1.165, 1.54) is 11.3 Å². The van der Waals surface area contributed by atoms with E-state index in [1.807, 2.05) is 31.3 Å². The molecule has 0 N–H and O–H groups in total. The molecule has 0 bridgehead atoms. The molecule has 0 unspecified atom stereocenters. The molecule has 0 atom stereocenters. The van der Waals surface area contributed by atoms with E-state index in [2.05, 4.69) is 14.9 Å². The number of hydrogen-bond donors (Lipinski definition) is 0. The molecule has 0 fully saturated rings. The fourth-order valence-electron chi connectivity index (χ4n) is 2.86. The van der Waals surface area contributed by atoms with Gasteiger partial charge in [0.05, 0.1) is 14.2 Å². The van der Waals surface area contributed by atoms with Crippen LogP contribution < -0.4 is 9.47 Å². The van der Waals surface area contributed by atoms with Gasteiger partial charge in [0.1, 0.15) is 17.3 Å². The zero-order valence-electron chi connectivity index (χ0n) is 13.3. The van der Waals surface area contributed by atoms with Crippen molar-refractivity contribution in [3.63, 3.8) is 0 Å². The lowest BCUT2D eigenvalue weighted by atomic mass is 10.1. The lowest BCUT2D eigenvalue weighted by Crippen LogP contribution is -2.31. The molecule has 1 aliphatic heterocycles. The Bertz CT molecular complexity index is 673. The second kappa shape index (κ2) is 6.32. The number of fused-ring (bicyclic) bond motifs is 1. The molecule has 1 aromatic carbocycles. The highest BCUT2D eigenvalue weighted by Crippen LogP contribution is 2.27. The van der Waals surface area contributed by atoms with Gasteiger partial charge in [-0.3, -0.25) is 4.90 Å². The minimum Gasteiger partial charge on any atom is -0.497 e. The van der Waals surface area contributed by atoms with Crippen LogP contribution in [-0.2, 0) is 19.5 Å². The van der Waals surface area contributed by atoms with Crippen molar-refractivity contribution in [2.24, 2.45) is 0 Å². The number of nitrogens with zero attached hydrogens (tertiary/aromatic N) is 3. The van der Waals surface area contributed by atoms with Gasteiger partial charge in [-0.1, -0.05) is 0 Å². The topological polar surface area (TPSA) is 47.5 Å². The van der Waals surface area contributed by atoms with E-state index >= 15 is 0 Å². The molecule has 2 aromatic rings. The quantitative estimate of drug-likeness (QED) is 0.867. The van der Waals surface area contributed by atoms with Crippen molar-refractivity contribution in [3.05, 3.63) is 47.0 Å². The van der Waals surface area contributed by atoms with Crippen LogP contribution in [0.3, 0.4) is 0 Å². The summed E-state index contributed by atoms with van der Waals surface area (Å²) in [6.45, 7) is 4.63. The summed E-state index contributed by atoms with van der Waals surface area (Å²) in [7, 11) is 3.38. The molecule has 2 heterocycles. The summed E-state index contributed by atoms with van der Waals surface area (Å²) in [6.07, 6.45) is 2.91. The van der Waals surface area contributed by atoms with Gasteiger partial charge in [-0.15, -0.1) is 0 Å². The second-order valence-corrected chi connectivity index (χ2v) is 5.53. The molecule has 1 aliphatic rings. The first kappa shape index (κ1) is 14.8. The summed E-state index contributed by atoms with van der Waals surface area (Å²) < 4.78 is 10.8. The Morgan fingerprint density at radius 1 is 1.23 bits per heavy atom. The zero-order chi connectivity index (χ0) is 15.5. The monoisotopic (exact) mass is 299 g/mol. The van der Waals surface area contributed by atoms with Crippen LogP contribution in [0, 0.1) is 6.92 Å². The van der Waals surface area contributed by atoms with Gasteiger partial charge in [0, 0.05) is 49.1 Å². The van der Waals surface area contributed by atoms with E-state index in [0.29, 0.717) is 0 Å². The lowest BCUT2D eigenvalue weighted by Gasteiger charge is -2.28. The predicted octanol–water partition coefficient (Wildman–Crippen LogP) is 2.36. The van der Waals surface area contributed by atoms with Gasteiger partial charge < -0.3 is 9.47 Å². The summed E-state index contributed by atoms with van der Waals surface area (Å²) in [5, 5.41) is 0. The number of aryl methyl sites for hydroxylation is 1. The standard InChI is InChI=1S/C17H21N3O2/c1-12-18-9-14-11-20(7-6-16(14)19-12)10-13-8-15(21-2)4-5-17(13)22-3/h4-5,8-9H,6-7,10-11H2,1-3H3. The van der Waals surface area contributed by atoms with Crippen LogP contribution >= 0.6 is 0 Å². The van der Waals surface area contributed by atoms with Crippen LogP contribution in [0.25, 0.3) is 0 Å². The second-order valence-electron chi connectivity index (χ2n) is 5.53. The van der Waals surface area contributed by atoms with Crippen LogP contribution in [0.1, 0.15) is 22.6 Å². The summed E-state index contributed by atoms with van der Waals surface area (Å²) in [6, 6.07) is 5.92. The third-order valence-corrected chi connectivity index (χ3v) is 4.01. The Morgan fingerprint density at radius 2 is 2.09 bits per heavy atom. The highest BCUT2D eigenvalue weighted by atomic mass is 16.5. The number of benzene rings is 1. The molecule has 0 radical (unpaired) electrons. The molecule has 0 amide bonds. The third kappa shape index (κ3) is 3.04. The Morgan fingerprint density at radius 3 is 2.86 bits per heavy atom. The molecule has 116 valence electrons. The predicted molar refractivity (Wildman–Crippen MR) is 84.1 cm³/mol. The van der Waals surface area contributed by atoms with E-state index in [0.717, 1.165) is 48.9 Å². The molecular formula is C17H21N3O2. The van der Waals surface area contributed by atoms with Gasteiger partial charge in [-0.25, -0.2) is 9.97 Å². The van der Waals surface area contributed by atoms with Crippen molar-refractivity contribution in [1.29, 1.82) is 0 Å². The Hall–Kier alpha value is -2.14. The molecule has 1 aromatic heterocycles. The number of hydrogen-bond acceptors (Lipinski definition) is 5. The largest absolute Gasteiger partial charge is 0.497 e. The molecule has 0 saturated carbocycles. The highest BCUT2D eigenvalue weighted by Gasteiger charge is 2.19. The van der Waals surface area contributed by atoms with Crippen molar-refractivity contribution < 1.29 is 9.47 Å². The average Bonchev–Trinajstić information content (AvgIpc) is 2.55. The fraction of sp³-hybridized carbons (Fsp3) is 0.412. The van der Waals surface area contributed by atoms with Crippen molar-refractivity contribution in [2.75, 3.05) is 20.8 Å². The Labute approximate surface area is 130 Å². The molecule has 22 heavy (non-hydrogen) atoms. The normalized spacial score (nSPS) is 14.5. The Balaban J connectivity index is 1.78. The van der Waals surface area contributed by atoms with Gasteiger partial charge in [0.25, 0.3) is 0 Å². The summed E-state index contributed by atoms with van der Waals surface area (Å²) >= 11 is 0. The van der Waals surface area contributed by atoms with E-state index in [9.17, 15) is 0 Å². The van der Waals surface area contributed by atoms with Crippen LogP contribution in [0.15, 0.2) is 24.4 Å². The van der Waals surface area contributed by atoms with E-state index in [1.54, 1.807) is 14.2 Å². The molecular weight excluding hydrogens is 278 g/mol. The zero-order valence-corrected chi connectivity index (χ0v) is 13.3. The number of aromatic nitrogens is 2. The number of methoxy groups -OCH3 is 2. The third-order valence-electron chi connectivity index (χ3n) is 4.01. The van der Waals surface area contributed by atoms with Gasteiger partial charge >= 0.3 is 0 Å². The summed E-state index contributed by atoms with van der Waals surface area (Å²) in [5.74, 6) is 2.60. The first-order valence-electron chi connectivity index (χ1n) is 7.44. The smallest absolute Gasteiger partial charge is 0.125 e. The van der Waals surface area contributed by atoms with Crippen LogP contribution in [0.4, 0.5) is 0 Å². The molecule has 0 spiro atoms. The SMILES string of the molecule is COc1ccc(OC)c(CN2CCc3nc(C)ncc3C2)c1. The maximum Gasteiger partial charge on any atom is 0.125 e. The van der Waals surface area contributed by atoms with Crippen molar-refractivity contribution in [1.82, 2.24) is 14.9 Å². The molecule has 0 saturated heterocycles. The number of rotatable bonds is 4. The Kier molecular flexibility index (Phi) is 4.24. The molecule has 0 aliphatic carbocycles. The van der Waals surface area contributed by atoms with E-state index in [-0.39, 0.29) is 0 Å². The van der Waals surface area contributed by atoms with Crippen molar-refractivity contribution in [3.8, 4) is 11.5 Å². The molecule has 5 nitrogen and oxygen atoms in total. The van der Waals surface area contributed by atoms with Crippen LogP contribution in [-0.4, -0.2) is 35.6 Å². The van der Waals surface area contributed by atoms with E-state index in [4.69, 9.17) is 9.47 Å². The maximum atomic E-state index is 5.46. The van der Waals surface area contributed by atoms with E-state index < -0.39 is 0 Å². The van der Waals surface area contributed by atoms with Crippen molar-refractivity contribution in [2.45, 2.75) is 26.4 Å². The fourth-order valence-corrected chi connectivity index (χ4v) is 2.86. The van der Waals surface area contributed by atoms with Crippen molar-refractivity contribution >= 4 is 0 Å².